The van der Waals surface area contributed by atoms with Crippen molar-refractivity contribution in [2.45, 2.75) is 0 Å². The summed E-state index contributed by atoms with van der Waals surface area (Å²) in [6.07, 6.45) is 0. The van der Waals surface area contributed by atoms with E-state index in [1.54, 1.807) is 0 Å². The maximum atomic E-state index is 6.58. The Morgan fingerprint density at radius 3 is 0.486 bits per heavy atom. The summed E-state index contributed by atoms with van der Waals surface area (Å²) in [6.45, 7) is 0. The molecule has 2 heterocycles. The van der Waals surface area contributed by atoms with E-state index in [1.807, 2.05) is 12.1 Å². The molecule has 0 bridgehead atoms. The van der Waals surface area contributed by atoms with Crippen LogP contribution in [0.2, 0.25) is 0 Å². The van der Waals surface area contributed by atoms with Crippen LogP contribution in [0.25, 0.3) is 265 Å². The van der Waals surface area contributed by atoms with Crippen LogP contribution < -0.4 is 0 Å². The van der Waals surface area contributed by atoms with E-state index in [9.17, 15) is 0 Å². The molecule has 0 amide bonds. The summed E-state index contributed by atoms with van der Waals surface area (Å²) in [5, 5.41) is 37.9. The van der Waals surface area contributed by atoms with Gasteiger partial charge in [0, 0.05) is 22.3 Å². The summed E-state index contributed by atoms with van der Waals surface area (Å²) in [5.41, 5.74) is 32.5. The Balaban J connectivity index is 0.000000146. The summed E-state index contributed by atoms with van der Waals surface area (Å²) < 4.78 is 12.2. The van der Waals surface area contributed by atoms with Crippen LogP contribution in [0.5, 0.6) is 0 Å². The van der Waals surface area contributed by atoms with Gasteiger partial charge in [-0.3, -0.25) is 0 Å². The third-order valence-electron chi connectivity index (χ3n) is 27.3. The molecule has 0 N–H and O–H groups in total. The largest absolute Gasteiger partial charge is 0.416 e. The molecule has 0 aliphatic heterocycles. The molecule has 24 aromatic carbocycles. The van der Waals surface area contributed by atoms with Crippen LogP contribution in [0.15, 0.2) is 519 Å². The molecule has 138 heavy (non-hydrogen) atoms. The van der Waals surface area contributed by atoms with Crippen molar-refractivity contribution in [3.8, 4) is 179 Å². The zero-order valence-corrected chi connectivity index (χ0v) is 75.1. The van der Waals surface area contributed by atoms with Crippen molar-refractivity contribution in [2.75, 3.05) is 0 Å². The number of hydrogen-bond acceptors (Lipinski definition) is 6. The molecule has 0 atom stereocenters. The van der Waals surface area contributed by atoms with Gasteiger partial charge in [0.15, 0.2) is 0 Å². The van der Waals surface area contributed by atoms with E-state index >= 15 is 0 Å². The van der Waals surface area contributed by atoms with Crippen LogP contribution in [-0.2, 0) is 0 Å². The lowest BCUT2D eigenvalue weighted by Gasteiger charge is -2.15. The van der Waals surface area contributed by atoms with Gasteiger partial charge in [0.1, 0.15) is 11.4 Å². The van der Waals surface area contributed by atoms with E-state index in [4.69, 9.17) is 9.05 Å². The number of nitrogens with zero attached hydrogens (tertiary/aromatic N) is 4. The summed E-state index contributed by atoms with van der Waals surface area (Å²) in [4.78, 5) is 0. The summed E-state index contributed by atoms with van der Waals surface area (Å²) in [6, 6.07) is 183. The number of fused-ring (bicyclic) bond motifs is 8. The quantitative estimate of drug-likeness (QED) is 0.0959. The van der Waals surface area contributed by atoms with E-state index in [-0.39, 0.29) is 0 Å². The van der Waals surface area contributed by atoms with Crippen molar-refractivity contribution in [3.63, 3.8) is 0 Å². The lowest BCUT2D eigenvalue weighted by molar-refractivity contribution is 0.310. The molecule has 0 saturated heterocycles. The van der Waals surface area contributed by atoms with E-state index in [1.165, 1.54) is 131 Å². The van der Waals surface area contributed by atoms with Gasteiger partial charge in [-0.25, -0.2) is 4.63 Å². The average molecular weight is 1760 g/mol. The first-order chi connectivity index (χ1) is 68.3. The van der Waals surface area contributed by atoms with Gasteiger partial charge in [0.25, 0.3) is 0 Å². The van der Waals surface area contributed by atoms with Gasteiger partial charge in [0.2, 0.25) is 11.8 Å². The molecule has 644 valence electrons. The normalized spacial score (nSPS) is 11.5. The van der Waals surface area contributed by atoms with Gasteiger partial charge in [0.05, 0.1) is 0 Å². The molecule has 0 spiro atoms. The SMILES string of the molecule is c1cc(-c2cc(-c3cccc4ccccc34)cc(-c3cccc4ccccc34)c2)cc(-c2nnc(-c3cccc(-c4cc(-c5cccc6ccccc56)cc(-c5cccc6ccccc56)c4)c3)o2)c1.c1cc(-c2cc(-c3cccc4ccccc34)cc(-c3cccc4ccccc34)c2)cc(-c2nonc2-c2cccc(-c3cc(-c4cccc5ccccc45)cc(-c4cccc5ccccc45)c3)c2)c1. The van der Waals surface area contributed by atoms with Gasteiger partial charge >= 0.3 is 0 Å². The highest BCUT2D eigenvalue weighted by Gasteiger charge is 2.23. The van der Waals surface area contributed by atoms with Crippen LogP contribution >= 0.6 is 0 Å². The molecule has 0 fully saturated rings. The first-order valence-electron chi connectivity index (χ1n) is 46.9. The second-order valence-electron chi connectivity index (χ2n) is 35.6. The van der Waals surface area contributed by atoms with E-state index in [0.717, 1.165) is 111 Å². The van der Waals surface area contributed by atoms with Crippen LogP contribution in [0.3, 0.4) is 0 Å². The first-order valence-corrected chi connectivity index (χ1v) is 46.9. The maximum Gasteiger partial charge on any atom is 0.248 e. The Hall–Kier alpha value is -18.4. The fraction of sp³-hybridized carbons (Fsp3) is 0. The molecule has 26 aromatic rings. The summed E-state index contributed by atoms with van der Waals surface area (Å²) in [7, 11) is 0. The number of hydrogen-bond donors (Lipinski definition) is 0. The van der Waals surface area contributed by atoms with Crippen LogP contribution in [-0.4, -0.2) is 20.5 Å². The smallest absolute Gasteiger partial charge is 0.248 e. The van der Waals surface area contributed by atoms with Crippen LogP contribution in [0, 0.1) is 0 Å². The standard InChI is InChI=1S/2C66H42N2O/c1-5-27-57-43(15-1)19-11-31-61(57)53-37-51(38-54(41-53)62-32-12-20-44-16-2-6-28-58(44)62)47-23-9-25-49(35-47)65-67-68-66(69-65)50-26-10-24-48(36-50)52-39-55(63-33-13-21-45-17-3-7-29-59(45)63)42-56(40-52)64-34-14-22-46-18-4-8-30-60(46)64;1-5-27-57-43(15-1)19-11-31-61(57)53-37-51(38-54(41-53)62-32-12-20-44-16-2-6-28-58(44)62)47-23-9-25-49(35-47)65-66(68-69-67-65)50-26-10-24-48(36-50)52-39-55(63-33-13-21-45-17-3-7-29-59(45)63)42-56(40-52)64-34-14-22-46-18-4-8-30-60(46)64/h2*1-42H. The van der Waals surface area contributed by atoms with Crippen molar-refractivity contribution in [1.82, 2.24) is 20.5 Å². The lowest BCUT2D eigenvalue weighted by Crippen LogP contribution is -1.90. The second kappa shape index (κ2) is 35.3. The van der Waals surface area contributed by atoms with E-state index in [0.29, 0.717) is 23.2 Å². The van der Waals surface area contributed by atoms with E-state index < -0.39 is 0 Å². The molecular weight excluding hydrogens is 1670 g/mol. The first kappa shape index (κ1) is 81.6. The Morgan fingerprint density at radius 2 is 0.275 bits per heavy atom. The third kappa shape index (κ3) is 15.6. The molecule has 26 rings (SSSR count). The van der Waals surface area contributed by atoms with Gasteiger partial charge in [-0.2, -0.15) is 0 Å². The maximum absolute atomic E-state index is 6.58. The summed E-state index contributed by atoms with van der Waals surface area (Å²) >= 11 is 0. The van der Waals surface area contributed by atoms with Crippen molar-refractivity contribution in [3.05, 3.63) is 510 Å². The van der Waals surface area contributed by atoms with E-state index in [2.05, 4.69) is 518 Å². The van der Waals surface area contributed by atoms with Gasteiger partial charge < -0.3 is 4.42 Å². The summed E-state index contributed by atoms with van der Waals surface area (Å²) in [5.74, 6) is 0.931. The zero-order valence-electron chi connectivity index (χ0n) is 75.1. The van der Waals surface area contributed by atoms with Crippen molar-refractivity contribution >= 4 is 86.2 Å². The van der Waals surface area contributed by atoms with Gasteiger partial charge in [-0.1, -0.05) is 400 Å². The fourth-order valence-corrected chi connectivity index (χ4v) is 20.6. The second-order valence-corrected chi connectivity index (χ2v) is 35.6. The number of aromatic nitrogens is 4. The molecule has 0 saturated carbocycles. The third-order valence-corrected chi connectivity index (χ3v) is 27.3. The molecule has 6 nitrogen and oxygen atoms in total. The Labute approximate surface area is 798 Å². The Morgan fingerprint density at radius 1 is 0.123 bits per heavy atom. The predicted octanol–water partition coefficient (Wildman–Crippen LogP) is 36.0. The lowest BCUT2D eigenvalue weighted by atomic mass is 9.89. The molecule has 0 aliphatic rings. The molecular formula is C132H84N4O2. The minimum Gasteiger partial charge on any atom is -0.416 e. The topological polar surface area (TPSA) is 77.8 Å². The minimum atomic E-state index is 0.466. The fourth-order valence-electron chi connectivity index (χ4n) is 20.6. The molecule has 0 radical (unpaired) electrons. The zero-order chi connectivity index (χ0) is 91.4. The Kier molecular flexibility index (Phi) is 20.9. The molecule has 2 aromatic heterocycles. The highest BCUT2D eigenvalue weighted by atomic mass is 16.6. The highest BCUT2D eigenvalue weighted by Crippen LogP contribution is 2.47. The number of rotatable bonds is 16. The molecule has 0 unspecified atom stereocenters. The number of benzene rings is 24. The van der Waals surface area contributed by atoms with Crippen molar-refractivity contribution < 1.29 is 9.05 Å². The van der Waals surface area contributed by atoms with Gasteiger partial charge in [-0.05, 0) is 339 Å². The van der Waals surface area contributed by atoms with Crippen molar-refractivity contribution in [2.24, 2.45) is 0 Å². The monoisotopic (exact) mass is 1760 g/mol. The highest BCUT2D eigenvalue weighted by molar-refractivity contribution is 6.08. The van der Waals surface area contributed by atoms with Crippen molar-refractivity contribution in [1.29, 1.82) is 0 Å². The predicted molar refractivity (Wildman–Crippen MR) is 576 cm³/mol. The Bertz CT molecular complexity index is 8320. The van der Waals surface area contributed by atoms with Gasteiger partial charge in [-0.15, -0.1) is 10.2 Å². The van der Waals surface area contributed by atoms with Crippen LogP contribution in [0.4, 0.5) is 0 Å². The average Bonchev–Trinajstić information content (AvgIpc) is 1.05. The molecule has 0 aliphatic carbocycles. The van der Waals surface area contributed by atoms with Crippen LogP contribution in [0.1, 0.15) is 0 Å². The minimum absolute atomic E-state index is 0.466. The molecule has 6 heteroatoms.